The van der Waals surface area contributed by atoms with Crippen LogP contribution in [0.4, 0.5) is 0 Å². The van der Waals surface area contributed by atoms with Crippen LogP contribution in [0.5, 0.6) is 5.75 Å². The average molecular weight is 235 g/mol. The van der Waals surface area contributed by atoms with E-state index in [1.807, 2.05) is 13.8 Å². The minimum Gasteiger partial charge on any atom is -0.491 e. The maximum absolute atomic E-state index is 5.79. The molecule has 0 atom stereocenters. The molecule has 0 aromatic heterocycles. The Morgan fingerprint density at radius 2 is 1.94 bits per heavy atom. The molecule has 1 aliphatic rings. The Labute approximate surface area is 105 Å². The summed E-state index contributed by atoms with van der Waals surface area (Å²) in [4.78, 5) is 0. The van der Waals surface area contributed by atoms with Gasteiger partial charge < -0.3 is 10.1 Å². The third-order valence-electron chi connectivity index (χ3n) is 2.88. The van der Waals surface area contributed by atoms with Gasteiger partial charge in [0.2, 0.25) is 0 Å². The highest BCUT2D eigenvalue weighted by Crippen LogP contribution is 2.27. The van der Waals surface area contributed by atoms with Crippen molar-refractivity contribution in [3.05, 3.63) is 28.8 Å². The molecule has 1 aromatic carbocycles. The van der Waals surface area contributed by atoms with E-state index < -0.39 is 0 Å². The van der Waals surface area contributed by atoms with E-state index in [0.717, 1.165) is 25.3 Å². The summed E-state index contributed by atoms with van der Waals surface area (Å²) in [6, 6.07) is 4.29. The molecule has 0 fully saturated rings. The van der Waals surface area contributed by atoms with Crippen LogP contribution in [0.2, 0.25) is 0 Å². The molecule has 1 N–H and O–H groups in total. The Bertz CT molecular complexity index is 358. The largest absolute Gasteiger partial charge is 0.491 e. The van der Waals surface area contributed by atoms with Crippen LogP contribution < -0.4 is 10.1 Å². The SMILES string of the molecule is CC.Cc1c(OC(C)C)ccc2c1CCNC2. The van der Waals surface area contributed by atoms with Crippen molar-refractivity contribution in [3.8, 4) is 5.75 Å². The number of hydrogen-bond donors (Lipinski definition) is 1. The van der Waals surface area contributed by atoms with Crippen molar-refractivity contribution < 1.29 is 4.74 Å². The van der Waals surface area contributed by atoms with Crippen LogP contribution in [0, 0.1) is 6.92 Å². The molecule has 17 heavy (non-hydrogen) atoms. The number of ether oxygens (including phenoxy) is 1. The first-order valence-electron chi connectivity index (χ1n) is 6.67. The fraction of sp³-hybridized carbons (Fsp3) is 0.600. The highest BCUT2D eigenvalue weighted by molar-refractivity contribution is 5.45. The van der Waals surface area contributed by atoms with E-state index in [9.17, 15) is 0 Å². The number of rotatable bonds is 2. The van der Waals surface area contributed by atoms with E-state index in [1.165, 1.54) is 16.7 Å². The van der Waals surface area contributed by atoms with Gasteiger partial charge in [-0.2, -0.15) is 0 Å². The second-order valence-electron chi connectivity index (χ2n) is 4.42. The Kier molecular flexibility index (Phi) is 5.49. The molecule has 0 unspecified atom stereocenters. The third-order valence-corrected chi connectivity index (χ3v) is 2.88. The van der Waals surface area contributed by atoms with Gasteiger partial charge in [-0.1, -0.05) is 19.9 Å². The Balaban J connectivity index is 0.000000686. The molecule has 2 rings (SSSR count). The zero-order valence-corrected chi connectivity index (χ0v) is 11.8. The summed E-state index contributed by atoms with van der Waals surface area (Å²) in [6.07, 6.45) is 1.37. The van der Waals surface area contributed by atoms with Crippen LogP contribution in [0.3, 0.4) is 0 Å². The maximum atomic E-state index is 5.79. The average Bonchev–Trinajstić information content (AvgIpc) is 2.35. The zero-order valence-electron chi connectivity index (χ0n) is 11.8. The molecular weight excluding hydrogens is 210 g/mol. The Hall–Kier alpha value is -1.02. The van der Waals surface area contributed by atoms with Crippen LogP contribution in [-0.4, -0.2) is 12.6 Å². The van der Waals surface area contributed by atoms with E-state index >= 15 is 0 Å². The smallest absolute Gasteiger partial charge is 0.122 e. The van der Waals surface area contributed by atoms with Gasteiger partial charge in [-0.15, -0.1) is 0 Å². The first-order valence-corrected chi connectivity index (χ1v) is 6.67. The van der Waals surface area contributed by atoms with Crippen molar-refractivity contribution in [2.45, 2.75) is 53.7 Å². The molecule has 2 nitrogen and oxygen atoms in total. The van der Waals surface area contributed by atoms with Crippen molar-refractivity contribution in [1.29, 1.82) is 0 Å². The number of hydrogen-bond acceptors (Lipinski definition) is 2. The summed E-state index contributed by atoms with van der Waals surface area (Å²) in [5.41, 5.74) is 4.23. The van der Waals surface area contributed by atoms with Crippen LogP contribution in [-0.2, 0) is 13.0 Å². The van der Waals surface area contributed by atoms with Crippen LogP contribution >= 0.6 is 0 Å². The van der Waals surface area contributed by atoms with Crippen LogP contribution in [0.1, 0.15) is 44.4 Å². The van der Waals surface area contributed by atoms with Crippen molar-refractivity contribution in [1.82, 2.24) is 5.32 Å². The lowest BCUT2D eigenvalue weighted by atomic mass is 9.95. The molecule has 1 aliphatic heterocycles. The first kappa shape index (κ1) is 14.0. The number of fused-ring (bicyclic) bond motifs is 1. The quantitative estimate of drug-likeness (QED) is 0.847. The fourth-order valence-corrected chi connectivity index (χ4v) is 2.12. The van der Waals surface area contributed by atoms with Crippen molar-refractivity contribution >= 4 is 0 Å². The third kappa shape index (κ3) is 3.47. The minimum absolute atomic E-state index is 0.253. The van der Waals surface area contributed by atoms with Gasteiger partial charge in [-0.25, -0.2) is 0 Å². The Morgan fingerprint density at radius 3 is 2.59 bits per heavy atom. The van der Waals surface area contributed by atoms with E-state index in [0.29, 0.717) is 0 Å². The normalized spacial score (nSPS) is 13.8. The van der Waals surface area contributed by atoms with Gasteiger partial charge >= 0.3 is 0 Å². The Morgan fingerprint density at radius 1 is 1.24 bits per heavy atom. The molecule has 0 saturated carbocycles. The summed E-state index contributed by atoms with van der Waals surface area (Å²) >= 11 is 0. The van der Waals surface area contributed by atoms with Crippen molar-refractivity contribution in [2.24, 2.45) is 0 Å². The summed E-state index contributed by atoms with van der Waals surface area (Å²) in [5.74, 6) is 1.05. The minimum atomic E-state index is 0.253. The summed E-state index contributed by atoms with van der Waals surface area (Å²) in [7, 11) is 0. The first-order chi connectivity index (χ1) is 8.18. The predicted molar refractivity (Wildman–Crippen MR) is 73.7 cm³/mol. The molecule has 0 aliphatic carbocycles. The molecular formula is C15H25NO. The molecule has 0 spiro atoms. The summed E-state index contributed by atoms with van der Waals surface area (Å²) < 4.78 is 5.79. The van der Waals surface area contributed by atoms with Gasteiger partial charge in [0.05, 0.1) is 6.10 Å². The van der Waals surface area contributed by atoms with Gasteiger partial charge in [0.15, 0.2) is 0 Å². The second kappa shape index (κ2) is 6.65. The molecule has 1 heterocycles. The lowest BCUT2D eigenvalue weighted by molar-refractivity contribution is 0.240. The zero-order chi connectivity index (χ0) is 12.8. The summed E-state index contributed by atoms with van der Waals surface area (Å²) in [5, 5.41) is 3.39. The van der Waals surface area contributed by atoms with Gasteiger partial charge in [-0.05, 0) is 56.5 Å². The van der Waals surface area contributed by atoms with Gasteiger partial charge in [-0.3, -0.25) is 0 Å². The van der Waals surface area contributed by atoms with Crippen LogP contribution in [0.15, 0.2) is 12.1 Å². The van der Waals surface area contributed by atoms with Crippen molar-refractivity contribution in [2.75, 3.05) is 6.54 Å². The van der Waals surface area contributed by atoms with E-state index in [1.54, 1.807) is 0 Å². The molecule has 2 heteroatoms. The monoisotopic (exact) mass is 235 g/mol. The molecule has 0 amide bonds. The molecule has 96 valence electrons. The predicted octanol–water partition coefficient (Wildman–Crippen LogP) is 3.45. The highest BCUT2D eigenvalue weighted by atomic mass is 16.5. The number of nitrogens with one attached hydrogen (secondary N) is 1. The van der Waals surface area contributed by atoms with E-state index in [-0.39, 0.29) is 6.10 Å². The second-order valence-corrected chi connectivity index (χ2v) is 4.42. The van der Waals surface area contributed by atoms with E-state index in [2.05, 4.69) is 38.2 Å². The van der Waals surface area contributed by atoms with Crippen molar-refractivity contribution in [3.63, 3.8) is 0 Å². The fourth-order valence-electron chi connectivity index (χ4n) is 2.12. The number of benzene rings is 1. The van der Waals surface area contributed by atoms with Gasteiger partial charge in [0.25, 0.3) is 0 Å². The molecule has 0 radical (unpaired) electrons. The lowest BCUT2D eigenvalue weighted by Gasteiger charge is -2.22. The topological polar surface area (TPSA) is 21.3 Å². The summed E-state index contributed by atoms with van der Waals surface area (Å²) in [6.45, 7) is 12.4. The maximum Gasteiger partial charge on any atom is 0.122 e. The molecule has 1 aromatic rings. The van der Waals surface area contributed by atoms with Crippen LogP contribution in [0.25, 0.3) is 0 Å². The van der Waals surface area contributed by atoms with E-state index in [4.69, 9.17) is 4.74 Å². The highest BCUT2D eigenvalue weighted by Gasteiger charge is 2.14. The molecule has 0 bridgehead atoms. The molecule has 0 saturated heterocycles. The lowest BCUT2D eigenvalue weighted by Crippen LogP contribution is -2.24. The standard InChI is InChI=1S/C13H19NO.C2H6/c1-9(2)15-13-5-4-11-8-14-7-6-12(11)10(13)3;1-2/h4-5,9,14H,6-8H2,1-3H3;1-2H3. The van der Waals surface area contributed by atoms with Gasteiger partial charge in [0, 0.05) is 6.54 Å². The van der Waals surface area contributed by atoms with Gasteiger partial charge in [0.1, 0.15) is 5.75 Å².